The monoisotopic (exact) mass is 211 g/mol. The molecule has 0 atom stereocenters. The first-order chi connectivity index (χ1) is 6.27. The summed E-state index contributed by atoms with van der Waals surface area (Å²) >= 11 is 11.7. The average molecular weight is 212 g/mol. The standard InChI is InChI=1S/C10H5Cl2O/c11-7-3-4-8(9(12)6-7)10-2-1-5-13-10/h2-6H. The largest absolute Gasteiger partial charge is 0.464 e. The van der Waals surface area contributed by atoms with Crippen molar-refractivity contribution in [3.05, 3.63) is 46.6 Å². The fraction of sp³-hybridized carbons (Fsp3) is 0. The van der Waals surface area contributed by atoms with Crippen molar-refractivity contribution < 1.29 is 4.42 Å². The second-order valence-electron chi connectivity index (χ2n) is 2.54. The predicted octanol–water partition coefficient (Wildman–Crippen LogP) is 4.05. The Morgan fingerprint density at radius 2 is 2.08 bits per heavy atom. The van der Waals surface area contributed by atoms with Gasteiger partial charge in [0.1, 0.15) is 5.76 Å². The highest BCUT2D eigenvalue weighted by Crippen LogP contribution is 2.30. The zero-order chi connectivity index (χ0) is 9.26. The lowest BCUT2D eigenvalue weighted by molar-refractivity contribution is 0.582. The van der Waals surface area contributed by atoms with Gasteiger partial charge in [0.15, 0.2) is 0 Å². The number of hydrogen-bond donors (Lipinski definition) is 0. The molecule has 2 aromatic rings. The Morgan fingerprint density at radius 3 is 2.69 bits per heavy atom. The molecule has 0 aliphatic heterocycles. The van der Waals surface area contributed by atoms with Crippen molar-refractivity contribution in [2.75, 3.05) is 0 Å². The molecule has 1 radical (unpaired) electrons. The summed E-state index contributed by atoms with van der Waals surface area (Å²) in [5, 5.41) is 1.19. The number of benzene rings is 1. The number of rotatable bonds is 1. The maximum atomic E-state index is 5.96. The average Bonchev–Trinajstić information content (AvgIpc) is 2.56. The van der Waals surface area contributed by atoms with E-state index in [1.54, 1.807) is 18.2 Å². The van der Waals surface area contributed by atoms with Gasteiger partial charge in [-0.2, -0.15) is 0 Å². The fourth-order valence-electron chi connectivity index (χ4n) is 1.07. The molecule has 0 saturated heterocycles. The smallest absolute Gasteiger partial charge is 0.136 e. The summed E-state index contributed by atoms with van der Waals surface area (Å²) in [6.45, 7) is 0. The van der Waals surface area contributed by atoms with Crippen LogP contribution in [-0.4, -0.2) is 0 Å². The van der Waals surface area contributed by atoms with Gasteiger partial charge in [0, 0.05) is 16.7 Å². The molecular formula is C10H5Cl2O. The minimum Gasteiger partial charge on any atom is -0.464 e. The lowest BCUT2D eigenvalue weighted by atomic mass is 10.2. The van der Waals surface area contributed by atoms with Crippen molar-refractivity contribution in [3.63, 3.8) is 0 Å². The van der Waals surface area contributed by atoms with E-state index in [1.807, 2.05) is 6.07 Å². The van der Waals surface area contributed by atoms with Gasteiger partial charge in [-0.1, -0.05) is 23.2 Å². The third-order valence-corrected chi connectivity index (χ3v) is 2.21. The van der Waals surface area contributed by atoms with Crippen LogP contribution < -0.4 is 0 Å². The van der Waals surface area contributed by atoms with Gasteiger partial charge in [-0.15, -0.1) is 0 Å². The van der Waals surface area contributed by atoms with Gasteiger partial charge < -0.3 is 4.42 Å². The molecule has 0 saturated carbocycles. The second-order valence-corrected chi connectivity index (χ2v) is 3.38. The topological polar surface area (TPSA) is 13.1 Å². The molecule has 0 fully saturated rings. The van der Waals surface area contributed by atoms with Crippen LogP contribution in [0.25, 0.3) is 11.3 Å². The highest BCUT2D eigenvalue weighted by atomic mass is 35.5. The Kier molecular flexibility index (Phi) is 2.30. The van der Waals surface area contributed by atoms with Crippen molar-refractivity contribution in [1.82, 2.24) is 0 Å². The van der Waals surface area contributed by atoms with Crippen LogP contribution in [0.15, 0.2) is 34.9 Å². The van der Waals surface area contributed by atoms with Crippen LogP contribution in [0.4, 0.5) is 0 Å². The third-order valence-electron chi connectivity index (χ3n) is 1.66. The van der Waals surface area contributed by atoms with Crippen LogP contribution in [0.3, 0.4) is 0 Å². The highest BCUT2D eigenvalue weighted by Gasteiger charge is 2.05. The van der Waals surface area contributed by atoms with E-state index in [2.05, 4.69) is 6.07 Å². The molecule has 0 aliphatic rings. The Hall–Kier alpha value is -0.920. The Balaban J connectivity index is 2.53. The van der Waals surface area contributed by atoms with E-state index >= 15 is 0 Å². The molecule has 3 heteroatoms. The SMILES string of the molecule is Clc1ccc(-c2c[c]co2)c(Cl)c1. The lowest BCUT2D eigenvalue weighted by Gasteiger charge is -1.99. The van der Waals surface area contributed by atoms with E-state index in [4.69, 9.17) is 27.6 Å². The van der Waals surface area contributed by atoms with Gasteiger partial charge in [-0.05, 0) is 24.3 Å². The molecule has 0 unspecified atom stereocenters. The van der Waals surface area contributed by atoms with Crippen LogP contribution >= 0.6 is 23.2 Å². The van der Waals surface area contributed by atoms with E-state index in [-0.39, 0.29) is 0 Å². The molecular weight excluding hydrogens is 207 g/mol. The predicted molar refractivity (Wildman–Crippen MR) is 53.0 cm³/mol. The molecule has 13 heavy (non-hydrogen) atoms. The summed E-state index contributed by atoms with van der Waals surface area (Å²) in [4.78, 5) is 0. The van der Waals surface area contributed by atoms with Crippen molar-refractivity contribution in [1.29, 1.82) is 0 Å². The fourth-order valence-corrected chi connectivity index (χ4v) is 1.57. The molecule has 0 N–H and O–H groups in total. The Bertz CT molecular complexity index is 407. The minimum absolute atomic E-state index is 0.579. The normalized spacial score (nSPS) is 10.3. The lowest BCUT2D eigenvalue weighted by Crippen LogP contribution is -1.75. The highest BCUT2D eigenvalue weighted by molar-refractivity contribution is 6.36. The van der Waals surface area contributed by atoms with Gasteiger partial charge in [0.05, 0.1) is 11.3 Å². The summed E-state index contributed by atoms with van der Waals surface area (Å²) in [6, 6.07) is 9.81. The van der Waals surface area contributed by atoms with Crippen LogP contribution in [0.2, 0.25) is 10.0 Å². The van der Waals surface area contributed by atoms with Gasteiger partial charge >= 0.3 is 0 Å². The molecule has 65 valence electrons. The van der Waals surface area contributed by atoms with Gasteiger partial charge in [0.25, 0.3) is 0 Å². The quantitative estimate of drug-likeness (QED) is 0.694. The van der Waals surface area contributed by atoms with Gasteiger partial charge in [-0.3, -0.25) is 0 Å². The van der Waals surface area contributed by atoms with Crippen LogP contribution in [-0.2, 0) is 0 Å². The molecule has 0 aliphatic carbocycles. The van der Waals surface area contributed by atoms with Crippen LogP contribution in [0.1, 0.15) is 0 Å². The maximum absolute atomic E-state index is 5.96. The van der Waals surface area contributed by atoms with Crippen molar-refractivity contribution >= 4 is 23.2 Å². The number of furan rings is 1. The van der Waals surface area contributed by atoms with E-state index < -0.39 is 0 Å². The van der Waals surface area contributed by atoms with E-state index in [9.17, 15) is 0 Å². The van der Waals surface area contributed by atoms with Crippen molar-refractivity contribution in [2.45, 2.75) is 0 Å². The third kappa shape index (κ3) is 1.71. The van der Waals surface area contributed by atoms with E-state index in [0.717, 1.165) is 5.56 Å². The molecule has 1 nitrogen and oxygen atoms in total. The molecule has 1 aromatic carbocycles. The van der Waals surface area contributed by atoms with E-state index in [0.29, 0.717) is 15.8 Å². The molecule has 1 aromatic heterocycles. The van der Waals surface area contributed by atoms with E-state index in [1.165, 1.54) is 6.26 Å². The number of hydrogen-bond acceptors (Lipinski definition) is 1. The van der Waals surface area contributed by atoms with Gasteiger partial charge in [0.2, 0.25) is 0 Å². The first kappa shape index (κ1) is 8.67. The first-order valence-electron chi connectivity index (χ1n) is 3.67. The van der Waals surface area contributed by atoms with Crippen molar-refractivity contribution in [3.8, 4) is 11.3 Å². The molecule has 0 bridgehead atoms. The molecule has 0 spiro atoms. The zero-order valence-electron chi connectivity index (χ0n) is 6.55. The zero-order valence-corrected chi connectivity index (χ0v) is 8.06. The van der Waals surface area contributed by atoms with Gasteiger partial charge in [-0.25, -0.2) is 0 Å². The summed E-state index contributed by atoms with van der Waals surface area (Å²) in [7, 11) is 0. The van der Waals surface area contributed by atoms with Crippen LogP contribution in [0.5, 0.6) is 0 Å². The molecule has 2 rings (SSSR count). The summed E-state index contributed by atoms with van der Waals surface area (Å²) < 4.78 is 5.16. The molecule has 1 heterocycles. The Labute approximate surface area is 85.9 Å². The summed E-state index contributed by atoms with van der Waals surface area (Å²) in [5.74, 6) is 0.696. The minimum atomic E-state index is 0.579. The van der Waals surface area contributed by atoms with Crippen LogP contribution in [0, 0.1) is 6.07 Å². The first-order valence-corrected chi connectivity index (χ1v) is 4.43. The van der Waals surface area contributed by atoms with Crippen molar-refractivity contribution in [2.24, 2.45) is 0 Å². The maximum Gasteiger partial charge on any atom is 0.136 e. The summed E-state index contributed by atoms with van der Waals surface area (Å²) in [6.07, 6.45) is 1.49. The second kappa shape index (κ2) is 3.44. The molecule has 0 amide bonds. The number of halogens is 2. The Morgan fingerprint density at radius 1 is 1.23 bits per heavy atom. The summed E-state index contributed by atoms with van der Waals surface area (Å²) in [5.41, 5.74) is 0.826.